The van der Waals surface area contributed by atoms with E-state index in [4.69, 9.17) is 0 Å². The number of rotatable bonds is 6. The Labute approximate surface area is 96.7 Å². The molecule has 12 heavy (non-hydrogen) atoms. The van der Waals surface area contributed by atoms with Gasteiger partial charge in [0.15, 0.2) is 0 Å². The molecule has 0 aliphatic heterocycles. The van der Waals surface area contributed by atoms with E-state index < -0.39 is 0 Å². The van der Waals surface area contributed by atoms with E-state index in [1.165, 1.54) is 38.5 Å². The molecular formula is C10H20ClSn. The first kappa shape index (κ1) is 15.3. The molecule has 0 fully saturated rings. The van der Waals surface area contributed by atoms with Crippen molar-refractivity contribution in [3.05, 3.63) is 9.67 Å². The minimum Gasteiger partial charge on any atom is -0.147 e. The van der Waals surface area contributed by atoms with E-state index in [0.29, 0.717) is 0 Å². The van der Waals surface area contributed by atoms with Crippen LogP contribution in [0.25, 0.3) is 0 Å². The third-order valence-corrected chi connectivity index (χ3v) is 3.04. The maximum Gasteiger partial charge on any atom is -0.147 e. The van der Waals surface area contributed by atoms with Crippen molar-refractivity contribution < 1.29 is 0 Å². The zero-order valence-corrected chi connectivity index (χ0v) is 11.9. The van der Waals surface area contributed by atoms with Crippen LogP contribution in [0.3, 0.4) is 0 Å². The third-order valence-electron chi connectivity index (χ3n) is 1.75. The average molecular weight is 294 g/mol. The molecule has 0 bridgehead atoms. The summed E-state index contributed by atoms with van der Waals surface area (Å²) in [5.74, 6) is 0. The second-order valence-corrected chi connectivity index (χ2v) is 4.81. The molecule has 0 heterocycles. The molecule has 0 spiro atoms. The molecule has 0 unspecified atom stereocenters. The fourth-order valence-corrected chi connectivity index (χ4v) is 1.87. The van der Waals surface area contributed by atoms with Crippen molar-refractivity contribution in [2.75, 3.05) is 0 Å². The summed E-state index contributed by atoms with van der Waals surface area (Å²) in [5, 5.41) is 0. The minimum atomic E-state index is 0. The first-order valence-corrected chi connectivity index (χ1v) is 6.14. The molecule has 0 aromatic heterocycles. The van der Waals surface area contributed by atoms with E-state index in [2.05, 4.69) is 19.9 Å². The largest absolute Gasteiger partial charge is 0.147 e. The van der Waals surface area contributed by atoms with E-state index >= 15 is 0 Å². The molecule has 0 atom stereocenters. The Kier molecular flexibility index (Phi) is 15.1. The van der Waals surface area contributed by atoms with Crippen molar-refractivity contribution in [2.45, 2.75) is 52.4 Å². The predicted octanol–water partition coefficient (Wildman–Crippen LogP) is 3.84. The Bertz CT molecular complexity index is 110. The second kappa shape index (κ2) is 11.8. The minimum absolute atomic E-state index is 0. The molecule has 0 rings (SSSR count). The van der Waals surface area contributed by atoms with Gasteiger partial charge in [-0.1, -0.05) is 0 Å². The van der Waals surface area contributed by atoms with Crippen molar-refractivity contribution >= 4 is 34.9 Å². The van der Waals surface area contributed by atoms with Crippen LogP contribution in [0.15, 0.2) is 9.67 Å². The number of hydrogen-bond acceptors (Lipinski definition) is 0. The quantitative estimate of drug-likeness (QED) is 0.516. The van der Waals surface area contributed by atoms with Crippen LogP contribution < -0.4 is 0 Å². The monoisotopic (exact) mass is 295 g/mol. The molecule has 0 aromatic carbocycles. The summed E-state index contributed by atoms with van der Waals surface area (Å²) >= 11 is 1.62. The van der Waals surface area contributed by atoms with Crippen LogP contribution >= 0.6 is 12.4 Å². The topological polar surface area (TPSA) is 0 Å². The van der Waals surface area contributed by atoms with Gasteiger partial charge in [-0.25, -0.2) is 0 Å². The zero-order chi connectivity index (χ0) is 8.53. The van der Waals surface area contributed by atoms with Crippen molar-refractivity contribution in [1.82, 2.24) is 0 Å². The van der Waals surface area contributed by atoms with Crippen molar-refractivity contribution in [2.24, 2.45) is 0 Å². The Hall–Kier alpha value is 0.829. The van der Waals surface area contributed by atoms with Gasteiger partial charge in [0.25, 0.3) is 0 Å². The summed E-state index contributed by atoms with van der Waals surface area (Å²) in [6.07, 6.45) is 10.5. The van der Waals surface area contributed by atoms with Crippen LogP contribution in [0.1, 0.15) is 52.4 Å². The van der Waals surface area contributed by atoms with Crippen LogP contribution in [-0.4, -0.2) is 22.5 Å². The molecule has 0 aromatic rings. The summed E-state index contributed by atoms with van der Waals surface area (Å²) in [7, 11) is 0. The Morgan fingerprint density at radius 1 is 1.17 bits per heavy atom. The van der Waals surface area contributed by atoms with Crippen LogP contribution in [0, 0.1) is 0 Å². The first-order chi connectivity index (χ1) is 5.31. The van der Waals surface area contributed by atoms with Crippen LogP contribution in [-0.2, 0) is 0 Å². The standard InChI is InChI=1S/C10H19.ClH.Sn/c1-3-5-7-9-10-8-6-4-2;;/h9H,3-8H2,1-2H3;1H;. The fourth-order valence-electron chi connectivity index (χ4n) is 0.950. The van der Waals surface area contributed by atoms with Gasteiger partial charge in [-0.2, -0.15) is 0 Å². The molecule has 0 amide bonds. The van der Waals surface area contributed by atoms with Gasteiger partial charge in [0.05, 0.1) is 0 Å². The summed E-state index contributed by atoms with van der Waals surface area (Å²) < 4.78 is 1.67. The van der Waals surface area contributed by atoms with Crippen LogP contribution in [0.2, 0.25) is 0 Å². The molecular weight excluding hydrogens is 274 g/mol. The first-order valence-electron chi connectivity index (χ1n) is 4.71. The second-order valence-electron chi connectivity index (χ2n) is 2.98. The molecule has 0 nitrogen and oxygen atoms in total. The summed E-state index contributed by atoms with van der Waals surface area (Å²) in [5.41, 5.74) is 0. The Morgan fingerprint density at radius 3 is 2.25 bits per heavy atom. The summed E-state index contributed by atoms with van der Waals surface area (Å²) in [6.45, 7) is 4.51. The van der Waals surface area contributed by atoms with Gasteiger partial charge in [-0.3, -0.25) is 0 Å². The van der Waals surface area contributed by atoms with E-state index in [1.807, 2.05) is 0 Å². The maximum atomic E-state index is 2.44. The van der Waals surface area contributed by atoms with E-state index in [9.17, 15) is 0 Å². The van der Waals surface area contributed by atoms with Gasteiger partial charge < -0.3 is 0 Å². The van der Waals surface area contributed by atoms with Crippen LogP contribution in [0.5, 0.6) is 0 Å². The molecule has 0 N–H and O–H groups in total. The molecule has 3 radical (unpaired) electrons. The smallest absolute Gasteiger partial charge is 0.147 e. The van der Waals surface area contributed by atoms with E-state index in [1.54, 1.807) is 26.1 Å². The normalized spacial score (nSPS) is 11.1. The van der Waals surface area contributed by atoms with Gasteiger partial charge in [-0.15, -0.1) is 12.4 Å². The van der Waals surface area contributed by atoms with Crippen LogP contribution in [0.4, 0.5) is 0 Å². The Balaban J connectivity index is 0. The Morgan fingerprint density at radius 2 is 1.75 bits per heavy atom. The zero-order valence-electron chi connectivity index (χ0n) is 8.23. The molecule has 0 aliphatic carbocycles. The van der Waals surface area contributed by atoms with E-state index in [0.717, 1.165) is 0 Å². The molecule has 2 heteroatoms. The van der Waals surface area contributed by atoms with Gasteiger partial charge in [-0.05, 0) is 0 Å². The molecule has 0 saturated heterocycles. The number of unbranched alkanes of at least 4 members (excludes halogenated alkanes) is 3. The van der Waals surface area contributed by atoms with Gasteiger partial charge in [0, 0.05) is 0 Å². The summed E-state index contributed by atoms with van der Waals surface area (Å²) in [4.78, 5) is 0. The molecule has 0 saturated carbocycles. The fraction of sp³-hybridized carbons (Fsp3) is 0.800. The van der Waals surface area contributed by atoms with Gasteiger partial charge in [0.2, 0.25) is 0 Å². The molecule has 71 valence electrons. The van der Waals surface area contributed by atoms with E-state index in [-0.39, 0.29) is 12.4 Å². The predicted molar refractivity (Wildman–Crippen MR) is 60.1 cm³/mol. The van der Waals surface area contributed by atoms with Crippen molar-refractivity contribution in [1.29, 1.82) is 0 Å². The number of allylic oxidation sites excluding steroid dienone is 2. The van der Waals surface area contributed by atoms with Crippen molar-refractivity contribution in [3.63, 3.8) is 0 Å². The maximum absolute atomic E-state index is 2.44. The summed E-state index contributed by atoms with van der Waals surface area (Å²) in [6, 6.07) is 0. The van der Waals surface area contributed by atoms with Gasteiger partial charge >= 0.3 is 84.6 Å². The van der Waals surface area contributed by atoms with Gasteiger partial charge in [0.1, 0.15) is 0 Å². The number of halogens is 1. The average Bonchev–Trinajstić information content (AvgIpc) is 2.01. The SMILES string of the molecule is CCCCC=[C]([Sn])CCCC.Cl. The third kappa shape index (κ3) is 10.8. The number of hydrogen-bond donors (Lipinski definition) is 0. The molecule has 0 aliphatic rings. The van der Waals surface area contributed by atoms with Crippen molar-refractivity contribution in [3.8, 4) is 0 Å².